The van der Waals surface area contributed by atoms with Crippen molar-refractivity contribution in [2.45, 2.75) is 18.9 Å². The first kappa shape index (κ1) is 13.6. The van der Waals surface area contributed by atoms with E-state index < -0.39 is 4.92 Å². The Hall–Kier alpha value is -1.33. The Morgan fingerprint density at radius 1 is 1.35 bits per heavy atom. The molecule has 0 aromatic heterocycles. The maximum atomic E-state index is 10.7. The molecular formula is C14H17ClN2O3. The van der Waals surface area contributed by atoms with Crippen molar-refractivity contribution in [3.8, 4) is 5.75 Å². The first-order chi connectivity index (χ1) is 9.52. The number of fused-ring (bicyclic) bond motifs is 1. The molecule has 2 aliphatic rings. The molecule has 1 saturated heterocycles. The van der Waals surface area contributed by atoms with Gasteiger partial charge in [-0.05, 0) is 37.8 Å². The Morgan fingerprint density at radius 3 is 2.55 bits per heavy atom. The summed E-state index contributed by atoms with van der Waals surface area (Å²) in [5, 5.41) is 11.0. The standard InChI is InChI=1S/C14H17ClN2O3/c1-16-7-9-4-12(5-10(9)8-16)20-14-3-2-11(17(18)19)6-13(14)15/h2-3,6,9-10,12H,4-5,7-8H2,1H3. The van der Waals surface area contributed by atoms with Crippen molar-refractivity contribution in [3.63, 3.8) is 0 Å². The zero-order valence-corrected chi connectivity index (χ0v) is 12.0. The lowest BCUT2D eigenvalue weighted by Gasteiger charge is -2.17. The van der Waals surface area contributed by atoms with Crippen molar-refractivity contribution in [1.82, 2.24) is 4.90 Å². The fraction of sp³-hybridized carbons (Fsp3) is 0.571. The number of hydrogen-bond acceptors (Lipinski definition) is 4. The number of hydrogen-bond donors (Lipinski definition) is 0. The number of ether oxygens (including phenoxy) is 1. The quantitative estimate of drug-likeness (QED) is 0.635. The van der Waals surface area contributed by atoms with Crippen LogP contribution in [0.15, 0.2) is 18.2 Å². The number of likely N-dealkylation sites (tertiary alicyclic amines) is 1. The van der Waals surface area contributed by atoms with Crippen molar-refractivity contribution >= 4 is 17.3 Å². The Labute approximate surface area is 122 Å². The first-order valence-corrected chi connectivity index (χ1v) is 7.20. The summed E-state index contributed by atoms with van der Waals surface area (Å²) in [5.74, 6) is 1.97. The van der Waals surface area contributed by atoms with E-state index in [-0.39, 0.29) is 11.8 Å². The van der Waals surface area contributed by atoms with E-state index in [2.05, 4.69) is 11.9 Å². The van der Waals surface area contributed by atoms with Crippen LogP contribution in [0.5, 0.6) is 5.75 Å². The molecule has 1 aliphatic heterocycles. The van der Waals surface area contributed by atoms with Gasteiger partial charge < -0.3 is 9.64 Å². The Bertz CT molecular complexity index is 523. The van der Waals surface area contributed by atoms with Crippen LogP contribution >= 0.6 is 11.6 Å². The van der Waals surface area contributed by atoms with E-state index >= 15 is 0 Å². The van der Waals surface area contributed by atoms with Gasteiger partial charge in [-0.1, -0.05) is 11.6 Å². The summed E-state index contributed by atoms with van der Waals surface area (Å²) in [6.45, 7) is 2.27. The smallest absolute Gasteiger partial charge is 0.271 e. The van der Waals surface area contributed by atoms with Gasteiger partial charge in [-0.15, -0.1) is 0 Å². The number of benzene rings is 1. The third-order valence-corrected chi connectivity index (χ3v) is 4.61. The average Bonchev–Trinajstić information content (AvgIpc) is 2.88. The van der Waals surface area contributed by atoms with Gasteiger partial charge in [-0.3, -0.25) is 10.1 Å². The number of nitro benzene ring substituents is 1. The zero-order chi connectivity index (χ0) is 14.3. The summed E-state index contributed by atoms with van der Waals surface area (Å²) in [7, 11) is 2.15. The molecule has 5 nitrogen and oxygen atoms in total. The van der Waals surface area contributed by atoms with E-state index in [0.717, 1.165) is 25.9 Å². The minimum absolute atomic E-state index is 0.00716. The summed E-state index contributed by atoms with van der Waals surface area (Å²) < 4.78 is 5.94. The zero-order valence-electron chi connectivity index (χ0n) is 11.3. The van der Waals surface area contributed by atoms with E-state index in [9.17, 15) is 10.1 Å². The largest absolute Gasteiger partial charge is 0.489 e. The van der Waals surface area contributed by atoms with Crippen LogP contribution in [0, 0.1) is 22.0 Å². The van der Waals surface area contributed by atoms with E-state index in [0.29, 0.717) is 22.6 Å². The lowest BCUT2D eigenvalue weighted by atomic mass is 10.0. The highest BCUT2D eigenvalue weighted by atomic mass is 35.5. The third-order valence-electron chi connectivity index (χ3n) is 4.31. The minimum Gasteiger partial charge on any atom is -0.489 e. The molecule has 20 heavy (non-hydrogen) atoms. The van der Waals surface area contributed by atoms with Gasteiger partial charge >= 0.3 is 0 Å². The molecule has 0 radical (unpaired) electrons. The second kappa shape index (κ2) is 5.22. The van der Waals surface area contributed by atoms with Gasteiger partial charge in [-0.2, -0.15) is 0 Å². The van der Waals surface area contributed by atoms with Crippen LogP contribution in [0.3, 0.4) is 0 Å². The van der Waals surface area contributed by atoms with E-state index in [1.165, 1.54) is 12.1 Å². The van der Waals surface area contributed by atoms with Crippen LogP contribution in [-0.2, 0) is 0 Å². The van der Waals surface area contributed by atoms with Gasteiger partial charge in [0, 0.05) is 25.2 Å². The average molecular weight is 297 g/mol. The van der Waals surface area contributed by atoms with Crippen molar-refractivity contribution in [1.29, 1.82) is 0 Å². The lowest BCUT2D eigenvalue weighted by Crippen LogP contribution is -2.20. The molecule has 2 fully saturated rings. The number of non-ortho nitro benzene ring substituents is 1. The minimum atomic E-state index is -0.453. The van der Waals surface area contributed by atoms with Gasteiger partial charge in [0.25, 0.3) is 5.69 Å². The summed E-state index contributed by atoms with van der Waals surface area (Å²) in [6, 6.07) is 4.38. The molecule has 1 heterocycles. The fourth-order valence-electron chi connectivity index (χ4n) is 3.45. The molecule has 0 bridgehead atoms. The fourth-order valence-corrected chi connectivity index (χ4v) is 3.67. The highest BCUT2D eigenvalue weighted by Gasteiger charge is 2.40. The molecule has 2 atom stereocenters. The highest BCUT2D eigenvalue weighted by Crippen LogP contribution is 2.40. The monoisotopic (exact) mass is 296 g/mol. The Morgan fingerprint density at radius 2 is 2.00 bits per heavy atom. The van der Waals surface area contributed by atoms with Crippen molar-refractivity contribution < 1.29 is 9.66 Å². The molecule has 1 saturated carbocycles. The molecule has 2 unspecified atom stereocenters. The van der Waals surface area contributed by atoms with Crippen LogP contribution in [0.1, 0.15) is 12.8 Å². The molecule has 0 amide bonds. The molecule has 108 valence electrons. The second-order valence-electron chi connectivity index (χ2n) is 5.82. The summed E-state index contributed by atoms with van der Waals surface area (Å²) in [4.78, 5) is 12.6. The Kier molecular flexibility index (Phi) is 3.56. The predicted octanol–water partition coefficient (Wildman–Crippen LogP) is 2.97. The molecule has 0 N–H and O–H groups in total. The van der Waals surface area contributed by atoms with Crippen LogP contribution in [0.25, 0.3) is 0 Å². The molecule has 1 aliphatic carbocycles. The van der Waals surface area contributed by atoms with Crippen LogP contribution in [0.2, 0.25) is 5.02 Å². The lowest BCUT2D eigenvalue weighted by molar-refractivity contribution is -0.384. The Balaban J connectivity index is 1.66. The van der Waals surface area contributed by atoms with Crippen molar-refractivity contribution in [2.24, 2.45) is 11.8 Å². The van der Waals surface area contributed by atoms with Gasteiger partial charge in [0.05, 0.1) is 16.0 Å². The van der Waals surface area contributed by atoms with Crippen molar-refractivity contribution in [2.75, 3.05) is 20.1 Å². The number of nitrogens with zero attached hydrogens (tertiary/aromatic N) is 2. The van der Waals surface area contributed by atoms with Crippen molar-refractivity contribution in [3.05, 3.63) is 33.3 Å². The van der Waals surface area contributed by atoms with E-state index in [1.54, 1.807) is 6.07 Å². The van der Waals surface area contributed by atoms with Gasteiger partial charge in [-0.25, -0.2) is 0 Å². The number of nitro groups is 1. The number of rotatable bonds is 3. The molecule has 3 rings (SSSR count). The molecular weight excluding hydrogens is 280 g/mol. The molecule has 1 aromatic rings. The second-order valence-corrected chi connectivity index (χ2v) is 6.23. The van der Waals surface area contributed by atoms with Gasteiger partial charge in [0.2, 0.25) is 0 Å². The first-order valence-electron chi connectivity index (χ1n) is 6.82. The number of halogens is 1. The summed E-state index contributed by atoms with van der Waals surface area (Å²) >= 11 is 6.06. The maximum absolute atomic E-state index is 10.7. The summed E-state index contributed by atoms with van der Waals surface area (Å²) in [5.41, 5.74) is -0.00716. The maximum Gasteiger partial charge on any atom is 0.271 e. The topological polar surface area (TPSA) is 55.6 Å². The third kappa shape index (κ3) is 2.60. The van der Waals surface area contributed by atoms with Crippen LogP contribution < -0.4 is 4.74 Å². The molecule has 1 aromatic carbocycles. The van der Waals surface area contributed by atoms with Gasteiger partial charge in [0.1, 0.15) is 5.75 Å². The van der Waals surface area contributed by atoms with Crippen LogP contribution in [0.4, 0.5) is 5.69 Å². The van der Waals surface area contributed by atoms with E-state index in [1.807, 2.05) is 0 Å². The molecule has 0 spiro atoms. The van der Waals surface area contributed by atoms with E-state index in [4.69, 9.17) is 16.3 Å². The SMILES string of the molecule is CN1CC2CC(Oc3ccc([N+](=O)[O-])cc3Cl)CC2C1. The normalized spacial score (nSPS) is 29.4. The molecule has 6 heteroatoms. The van der Waals surface area contributed by atoms with Crippen LogP contribution in [-0.4, -0.2) is 36.1 Å². The summed E-state index contributed by atoms with van der Waals surface area (Å²) in [6.07, 6.45) is 2.27. The highest BCUT2D eigenvalue weighted by molar-refractivity contribution is 6.32. The predicted molar refractivity (Wildman–Crippen MR) is 76.2 cm³/mol. The van der Waals surface area contributed by atoms with Gasteiger partial charge in [0.15, 0.2) is 0 Å².